The van der Waals surface area contributed by atoms with Crippen LogP contribution in [0.1, 0.15) is 42.0 Å². The number of thioether (sulfide) groups is 2. The topological polar surface area (TPSA) is 75.7 Å². The Balaban J connectivity index is -0.000000425. The van der Waals surface area contributed by atoms with Crippen LogP contribution in [-0.2, 0) is 9.53 Å². The van der Waals surface area contributed by atoms with Gasteiger partial charge in [0.25, 0.3) is 10.5 Å². The molecule has 0 aromatic heterocycles. The van der Waals surface area contributed by atoms with Crippen molar-refractivity contribution in [3.63, 3.8) is 0 Å². The summed E-state index contributed by atoms with van der Waals surface area (Å²) in [5.41, 5.74) is -0.501. The number of ether oxygens (including phenoxy) is 1. The molecule has 0 aliphatic carbocycles. The molecule has 23 heavy (non-hydrogen) atoms. The van der Waals surface area contributed by atoms with Crippen molar-refractivity contribution in [1.29, 1.82) is 0 Å². The molecule has 0 saturated carbocycles. The lowest BCUT2D eigenvalue weighted by atomic mass is 10.2. The van der Waals surface area contributed by atoms with Gasteiger partial charge in [-0.1, -0.05) is 44.8 Å². The molecule has 1 N–H and O–H groups in total. The average Bonchev–Trinajstić information content (AvgIpc) is 2.37. The Bertz CT molecular complexity index is 358. The first-order valence-corrected chi connectivity index (χ1v) is 8.98. The normalized spacial score (nSPS) is 9.70. The molecule has 0 spiro atoms. The molecule has 6 nitrogen and oxygen atoms in total. The average molecular weight is 369 g/mol. The van der Waals surface area contributed by atoms with E-state index >= 15 is 0 Å². The van der Waals surface area contributed by atoms with E-state index in [-0.39, 0.29) is 30.4 Å². The standard InChI is InChI=1S/C10H19NO3S.C4H9NOS.CH4/c1-6-15-9(13)11(5)7-8(12)14-10(2,3)4;1-3-7-4(6)5-2;/h6-7H2,1-5H3;3H2,1-2H3,(H,5,6);1H4. The van der Waals surface area contributed by atoms with Crippen molar-refractivity contribution in [2.45, 2.75) is 47.6 Å². The molecule has 0 aromatic rings. The minimum Gasteiger partial charge on any atom is -0.459 e. The fourth-order valence-corrected chi connectivity index (χ4v) is 2.01. The molecule has 8 heteroatoms. The van der Waals surface area contributed by atoms with Gasteiger partial charge in [0.2, 0.25) is 0 Å². The summed E-state index contributed by atoms with van der Waals surface area (Å²) in [6, 6.07) is 0. The van der Waals surface area contributed by atoms with Gasteiger partial charge >= 0.3 is 5.97 Å². The van der Waals surface area contributed by atoms with E-state index in [4.69, 9.17) is 4.74 Å². The largest absolute Gasteiger partial charge is 0.459 e. The van der Waals surface area contributed by atoms with Crippen molar-refractivity contribution in [3.05, 3.63) is 0 Å². The monoisotopic (exact) mass is 368 g/mol. The second kappa shape index (κ2) is 14.7. The maximum absolute atomic E-state index is 11.4. The summed E-state index contributed by atoms with van der Waals surface area (Å²) in [6.45, 7) is 9.24. The maximum atomic E-state index is 11.4. The van der Waals surface area contributed by atoms with Gasteiger partial charge in [0.05, 0.1) is 0 Å². The lowest BCUT2D eigenvalue weighted by Crippen LogP contribution is -2.34. The number of nitrogens with one attached hydrogen (secondary N) is 1. The van der Waals surface area contributed by atoms with Gasteiger partial charge < -0.3 is 15.0 Å². The molecule has 0 heterocycles. The van der Waals surface area contributed by atoms with Crippen LogP contribution in [-0.4, -0.2) is 59.1 Å². The summed E-state index contributed by atoms with van der Waals surface area (Å²) in [5, 5.41) is 2.43. The van der Waals surface area contributed by atoms with E-state index in [0.29, 0.717) is 5.75 Å². The highest BCUT2D eigenvalue weighted by Crippen LogP contribution is 2.09. The minimum atomic E-state index is -0.501. The van der Waals surface area contributed by atoms with Crippen molar-refractivity contribution < 1.29 is 19.1 Å². The van der Waals surface area contributed by atoms with E-state index < -0.39 is 5.60 Å². The van der Waals surface area contributed by atoms with E-state index in [1.165, 1.54) is 28.4 Å². The third-order valence-electron chi connectivity index (χ3n) is 1.85. The highest BCUT2D eigenvalue weighted by Gasteiger charge is 2.19. The fourth-order valence-electron chi connectivity index (χ4n) is 1.07. The van der Waals surface area contributed by atoms with Gasteiger partial charge in [0.15, 0.2) is 0 Å². The Morgan fingerprint density at radius 2 is 1.57 bits per heavy atom. The number of carbonyl (C=O) groups excluding carboxylic acids is 3. The molecular weight excluding hydrogens is 336 g/mol. The molecule has 0 radical (unpaired) electrons. The lowest BCUT2D eigenvalue weighted by molar-refractivity contribution is -0.155. The predicted octanol–water partition coefficient (Wildman–Crippen LogP) is 3.85. The Kier molecular flexibility index (Phi) is 17.2. The highest BCUT2D eigenvalue weighted by molar-refractivity contribution is 8.13. The number of esters is 1. The van der Waals surface area contributed by atoms with Crippen LogP contribution in [0.2, 0.25) is 0 Å². The molecule has 0 unspecified atom stereocenters. The Morgan fingerprint density at radius 3 is 1.87 bits per heavy atom. The van der Waals surface area contributed by atoms with Gasteiger partial charge in [0, 0.05) is 14.1 Å². The smallest absolute Gasteiger partial charge is 0.326 e. The zero-order valence-corrected chi connectivity index (χ0v) is 16.2. The third-order valence-corrected chi connectivity index (χ3v) is 3.45. The maximum Gasteiger partial charge on any atom is 0.326 e. The van der Waals surface area contributed by atoms with Crippen LogP contribution in [0.15, 0.2) is 0 Å². The summed E-state index contributed by atoms with van der Waals surface area (Å²) >= 11 is 2.46. The number of rotatable bonds is 4. The van der Waals surface area contributed by atoms with E-state index in [9.17, 15) is 14.4 Å². The first kappa shape index (κ1) is 27.0. The van der Waals surface area contributed by atoms with Gasteiger partial charge in [-0.15, -0.1) is 0 Å². The Hall–Kier alpha value is -0.890. The lowest BCUT2D eigenvalue weighted by Gasteiger charge is -2.22. The molecule has 2 amide bonds. The number of hydrogen-bond donors (Lipinski definition) is 1. The van der Waals surface area contributed by atoms with Gasteiger partial charge in [-0.3, -0.25) is 14.4 Å². The number of nitrogens with zero attached hydrogens (tertiary/aromatic N) is 1. The van der Waals surface area contributed by atoms with Crippen LogP contribution >= 0.6 is 23.5 Å². The van der Waals surface area contributed by atoms with Gasteiger partial charge in [0.1, 0.15) is 12.1 Å². The summed E-state index contributed by atoms with van der Waals surface area (Å²) < 4.78 is 5.09. The van der Waals surface area contributed by atoms with Crippen molar-refractivity contribution >= 4 is 40.0 Å². The highest BCUT2D eigenvalue weighted by atomic mass is 32.2. The van der Waals surface area contributed by atoms with Crippen LogP contribution in [0.4, 0.5) is 9.59 Å². The summed E-state index contributed by atoms with van der Waals surface area (Å²) in [7, 11) is 3.22. The first-order chi connectivity index (χ1) is 10.1. The molecule has 138 valence electrons. The number of hydrogen-bond acceptors (Lipinski definition) is 6. The van der Waals surface area contributed by atoms with Crippen LogP contribution in [0.5, 0.6) is 0 Å². The van der Waals surface area contributed by atoms with Crippen LogP contribution in [0.3, 0.4) is 0 Å². The second-order valence-corrected chi connectivity index (χ2v) is 7.56. The van der Waals surface area contributed by atoms with Gasteiger partial charge in [-0.2, -0.15) is 0 Å². The Labute approximate surface area is 149 Å². The fraction of sp³-hybridized carbons (Fsp3) is 0.800. The van der Waals surface area contributed by atoms with Crippen LogP contribution in [0.25, 0.3) is 0 Å². The number of likely N-dealkylation sites (N-methyl/N-ethyl adjacent to an activating group) is 1. The molecule has 0 aliphatic rings. The van der Waals surface area contributed by atoms with Crippen molar-refractivity contribution in [2.24, 2.45) is 0 Å². The van der Waals surface area contributed by atoms with Gasteiger partial charge in [-0.05, 0) is 32.3 Å². The van der Waals surface area contributed by atoms with Crippen molar-refractivity contribution in [3.8, 4) is 0 Å². The summed E-state index contributed by atoms with van der Waals surface area (Å²) in [4.78, 5) is 34.3. The first-order valence-electron chi connectivity index (χ1n) is 7.01. The number of amides is 2. The summed E-state index contributed by atoms with van der Waals surface area (Å²) in [5.74, 6) is 1.17. The zero-order chi connectivity index (χ0) is 17.8. The van der Waals surface area contributed by atoms with Crippen molar-refractivity contribution in [1.82, 2.24) is 10.2 Å². The van der Waals surface area contributed by atoms with E-state index in [1.54, 1.807) is 34.9 Å². The molecule has 0 aliphatic heterocycles. The molecule has 0 aromatic carbocycles. The molecule has 0 atom stereocenters. The molecular formula is C15H32N2O4S2. The second-order valence-electron chi connectivity index (χ2n) is 5.11. The summed E-state index contributed by atoms with van der Waals surface area (Å²) in [6.07, 6.45) is 0. The van der Waals surface area contributed by atoms with Crippen LogP contribution in [0, 0.1) is 0 Å². The van der Waals surface area contributed by atoms with Gasteiger partial charge in [-0.25, -0.2) is 0 Å². The molecule has 0 bridgehead atoms. The molecule has 0 saturated heterocycles. The zero-order valence-electron chi connectivity index (χ0n) is 14.5. The van der Waals surface area contributed by atoms with E-state index in [0.717, 1.165) is 5.75 Å². The minimum absolute atomic E-state index is 0. The van der Waals surface area contributed by atoms with E-state index in [2.05, 4.69) is 5.32 Å². The van der Waals surface area contributed by atoms with Crippen LogP contribution < -0.4 is 5.32 Å². The predicted molar refractivity (Wildman–Crippen MR) is 101 cm³/mol. The third kappa shape index (κ3) is 19.1. The number of carbonyl (C=O) groups is 3. The Morgan fingerprint density at radius 1 is 1.09 bits per heavy atom. The SMILES string of the molecule is C.CCSC(=O)N(C)CC(=O)OC(C)(C)C.CCSC(=O)NC. The van der Waals surface area contributed by atoms with E-state index in [1.807, 2.05) is 13.8 Å². The molecule has 0 fully saturated rings. The molecule has 0 rings (SSSR count). The van der Waals surface area contributed by atoms with Crippen molar-refractivity contribution in [2.75, 3.05) is 32.1 Å². The quantitative estimate of drug-likeness (QED) is 0.760.